The van der Waals surface area contributed by atoms with E-state index in [0.29, 0.717) is 24.5 Å². The van der Waals surface area contributed by atoms with Gasteiger partial charge in [0.1, 0.15) is 6.17 Å². The average molecular weight is 410 g/mol. The fraction of sp³-hybridized carbons (Fsp3) is 0.368. The van der Waals surface area contributed by atoms with Crippen LogP contribution in [0.1, 0.15) is 25.1 Å². The first-order valence-electron chi connectivity index (χ1n) is 8.77. The molecule has 27 heavy (non-hydrogen) atoms. The fourth-order valence-corrected chi connectivity index (χ4v) is 3.65. The van der Waals surface area contributed by atoms with Crippen LogP contribution >= 0.6 is 24.0 Å². The standard InChI is InChI=1S/C19H21ClFN5.ClH/c1-12(16-7-6-13(20)10-23-16)26-18-5-3-2-4-17(18)24-19(26)25-9-8-14(21)15(22)11-25;/h2-7,10,12,14-15H,8-9,11,22H2,1H3;1H. The molecule has 0 amide bonds. The topological polar surface area (TPSA) is 60.0 Å². The van der Waals surface area contributed by atoms with Gasteiger partial charge in [-0.1, -0.05) is 23.7 Å². The SMILES string of the molecule is CC(c1ccc(Cl)cn1)n1c(N2CCC(F)C(N)C2)nc2ccccc21.Cl. The second-order valence-corrected chi connectivity index (χ2v) is 7.20. The molecule has 4 rings (SSSR count). The lowest BCUT2D eigenvalue weighted by Crippen LogP contribution is -2.50. The van der Waals surface area contributed by atoms with Crippen LogP contribution in [-0.4, -0.2) is 39.8 Å². The van der Waals surface area contributed by atoms with E-state index >= 15 is 0 Å². The zero-order valence-electron chi connectivity index (χ0n) is 14.9. The number of piperidine rings is 1. The van der Waals surface area contributed by atoms with Crippen LogP contribution in [0, 0.1) is 0 Å². The maximum Gasteiger partial charge on any atom is 0.207 e. The van der Waals surface area contributed by atoms with Gasteiger partial charge in [0.2, 0.25) is 5.95 Å². The van der Waals surface area contributed by atoms with Crippen LogP contribution in [-0.2, 0) is 0 Å². The first-order chi connectivity index (χ1) is 12.5. The zero-order chi connectivity index (χ0) is 18.3. The maximum atomic E-state index is 13.8. The predicted molar refractivity (Wildman–Crippen MR) is 110 cm³/mol. The van der Waals surface area contributed by atoms with E-state index in [-0.39, 0.29) is 18.4 Å². The molecular weight excluding hydrogens is 388 g/mol. The number of halogens is 3. The Bertz CT molecular complexity index is 914. The third kappa shape index (κ3) is 3.74. The Kier molecular flexibility index (Phi) is 5.89. The third-order valence-corrected chi connectivity index (χ3v) is 5.22. The molecular formula is C19H22Cl2FN5. The van der Waals surface area contributed by atoms with Crippen molar-refractivity contribution < 1.29 is 4.39 Å². The van der Waals surface area contributed by atoms with Crippen LogP contribution in [0.25, 0.3) is 11.0 Å². The molecule has 0 spiro atoms. The van der Waals surface area contributed by atoms with E-state index in [9.17, 15) is 4.39 Å². The number of anilines is 1. The lowest BCUT2D eigenvalue weighted by molar-refractivity contribution is 0.243. The summed E-state index contributed by atoms with van der Waals surface area (Å²) in [5, 5.41) is 0.604. The highest BCUT2D eigenvalue weighted by atomic mass is 35.5. The maximum absolute atomic E-state index is 13.8. The minimum atomic E-state index is -0.959. The van der Waals surface area contributed by atoms with Gasteiger partial charge in [0.15, 0.2) is 0 Å². The molecule has 3 atom stereocenters. The van der Waals surface area contributed by atoms with Crippen molar-refractivity contribution in [3.8, 4) is 0 Å². The third-order valence-electron chi connectivity index (χ3n) is 5.00. The lowest BCUT2D eigenvalue weighted by atomic mass is 10.1. The molecule has 1 aliphatic heterocycles. The first-order valence-corrected chi connectivity index (χ1v) is 9.15. The number of aromatic nitrogens is 3. The molecule has 0 bridgehead atoms. The summed E-state index contributed by atoms with van der Waals surface area (Å²) >= 11 is 5.98. The van der Waals surface area contributed by atoms with E-state index in [1.165, 1.54) is 0 Å². The Labute approximate surface area is 168 Å². The van der Waals surface area contributed by atoms with Gasteiger partial charge in [-0.05, 0) is 37.6 Å². The van der Waals surface area contributed by atoms with Gasteiger partial charge in [-0.3, -0.25) is 4.98 Å². The number of alkyl halides is 1. The molecule has 5 nitrogen and oxygen atoms in total. The summed E-state index contributed by atoms with van der Waals surface area (Å²) in [5.41, 5.74) is 8.78. The summed E-state index contributed by atoms with van der Waals surface area (Å²) < 4.78 is 16.0. The molecule has 1 aromatic carbocycles. The Hall–Kier alpha value is -1.89. The molecule has 0 radical (unpaired) electrons. The predicted octanol–water partition coefficient (Wildman–Crippen LogP) is 3.99. The van der Waals surface area contributed by atoms with Gasteiger partial charge in [-0.25, -0.2) is 9.37 Å². The number of imidazole rings is 1. The van der Waals surface area contributed by atoms with Gasteiger partial charge in [0.25, 0.3) is 0 Å². The smallest absolute Gasteiger partial charge is 0.207 e. The Balaban J connectivity index is 0.00000210. The second kappa shape index (κ2) is 8.00. The molecule has 8 heteroatoms. The van der Waals surface area contributed by atoms with Crippen molar-refractivity contribution in [1.29, 1.82) is 0 Å². The molecule has 1 aliphatic rings. The summed E-state index contributed by atoms with van der Waals surface area (Å²) in [5.74, 6) is 0.804. The molecule has 144 valence electrons. The van der Waals surface area contributed by atoms with E-state index in [4.69, 9.17) is 22.3 Å². The van der Waals surface area contributed by atoms with Gasteiger partial charge in [-0.2, -0.15) is 0 Å². The van der Waals surface area contributed by atoms with Crippen LogP contribution in [0.2, 0.25) is 5.02 Å². The van der Waals surface area contributed by atoms with E-state index in [1.54, 1.807) is 6.20 Å². The second-order valence-electron chi connectivity index (χ2n) is 6.76. The van der Waals surface area contributed by atoms with Crippen molar-refractivity contribution in [3.05, 3.63) is 53.3 Å². The lowest BCUT2D eigenvalue weighted by Gasteiger charge is -2.34. The van der Waals surface area contributed by atoms with Crippen molar-refractivity contribution in [3.63, 3.8) is 0 Å². The highest BCUT2D eigenvalue weighted by molar-refractivity contribution is 6.30. The van der Waals surface area contributed by atoms with Crippen molar-refractivity contribution in [2.75, 3.05) is 18.0 Å². The molecule has 1 fully saturated rings. The molecule has 0 aliphatic carbocycles. The number of hydrogen-bond donors (Lipinski definition) is 1. The van der Waals surface area contributed by atoms with Crippen LogP contribution in [0.4, 0.5) is 10.3 Å². The average Bonchev–Trinajstić information content (AvgIpc) is 3.03. The van der Waals surface area contributed by atoms with Crippen molar-refractivity contribution >= 4 is 41.0 Å². The number of fused-ring (bicyclic) bond motifs is 1. The largest absolute Gasteiger partial charge is 0.340 e. The molecule has 0 saturated carbocycles. The Morgan fingerprint density at radius 3 is 2.74 bits per heavy atom. The van der Waals surface area contributed by atoms with Crippen LogP contribution in [0.3, 0.4) is 0 Å². The number of pyridine rings is 1. The van der Waals surface area contributed by atoms with E-state index in [2.05, 4.69) is 21.4 Å². The van der Waals surface area contributed by atoms with Gasteiger partial charge >= 0.3 is 0 Å². The monoisotopic (exact) mass is 409 g/mol. The normalized spacial score (nSPS) is 21.1. The van der Waals surface area contributed by atoms with Gasteiger partial charge in [0.05, 0.1) is 33.8 Å². The quantitative estimate of drug-likeness (QED) is 0.710. The van der Waals surface area contributed by atoms with Crippen LogP contribution in [0.15, 0.2) is 42.6 Å². The van der Waals surface area contributed by atoms with Crippen molar-refractivity contribution in [2.45, 2.75) is 31.6 Å². The minimum absolute atomic E-state index is 0. The Morgan fingerprint density at radius 1 is 1.26 bits per heavy atom. The van der Waals surface area contributed by atoms with Gasteiger partial charge in [-0.15, -0.1) is 12.4 Å². The summed E-state index contributed by atoms with van der Waals surface area (Å²) in [6.07, 6.45) is 1.11. The fourth-order valence-electron chi connectivity index (χ4n) is 3.54. The molecule has 3 heterocycles. The summed E-state index contributed by atoms with van der Waals surface area (Å²) in [6, 6.07) is 11.2. The summed E-state index contributed by atoms with van der Waals surface area (Å²) in [7, 11) is 0. The minimum Gasteiger partial charge on any atom is -0.340 e. The number of nitrogens with zero attached hydrogens (tertiary/aromatic N) is 4. The molecule has 2 N–H and O–H groups in total. The highest BCUT2D eigenvalue weighted by Crippen LogP contribution is 2.31. The summed E-state index contributed by atoms with van der Waals surface area (Å²) in [4.78, 5) is 11.4. The van der Waals surface area contributed by atoms with E-state index < -0.39 is 12.2 Å². The molecule has 1 saturated heterocycles. The van der Waals surface area contributed by atoms with Gasteiger partial charge in [0, 0.05) is 19.3 Å². The Morgan fingerprint density at radius 2 is 2.04 bits per heavy atom. The first kappa shape index (κ1) is 19.9. The summed E-state index contributed by atoms with van der Waals surface area (Å²) in [6.45, 7) is 3.12. The number of rotatable bonds is 3. The van der Waals surface area contributed by atoms with Crippen LogP contribution < -0.4 is 10.6 Å². The molecule has 2 aromatic heterocycles. The number of benzene rings is 1. The number of nitrogens with two attached hydrogens (primary N) is 1. The molecule has 3 aromatic rings. The van der Waals surface area contributed by atoms with E-state index in [0.717, 1.165) is 22.7 Å². The van der Waals surface area contributed by atoms with Crippen molar-refractivity contribution in [1.82, 2.24) is 14.5 Å². The highest BCUT2D eigenvalue weighted by Gasteiger charge is 2.30. The number of hydrogen-bond acceptors (Lipinski definition) is 4. The van der Waals surface area contributed by atoms with Crippen LogP contribution in [0.5, 0.6) is 0 Å². The van der Waals surface area contributed by atoms with Crippen molar-refractivity contribution in [2.24, 2.45) is 5.73 Å². The van der Waals surface area contributed by atoms with Gasteiger partial charge < -0.3 is 15.2 Å². The molecule has 3 unspecified atom stereocenters. The van der Waals surface area contributed by atoms with E-state index in [1.807, 2.05) is 36.4 Å². The number of para-hydroxylation sites is 2. The zero-order valence-corrected chi connectivity index (χ0v) is 16.5.